The molecule has 2 heteroatoms. The van der Waals surface area contributed by atoms with Gasteiger partial charge in [-0.15, -0.1) is 0 Å². The molecule has 0 saturated heterocycles. The zero-order valence-electron chi connectivity index (χ0n) is 12.6. The van der Waals surface area contributed by atoms with Crippen molar-refractivity contribution in [3.63, 3.8) is 0 Å². The van der Waals surface area contributed by atoms with Crippen LogP contribution < -0.4 is 5.63 Å². The van der Waals surface area contributed by atoms with Crippen LogP contribution in [0, 0.1) is 13.8 Å². The Bertz CT molecular complexity index is 676. The Balaban J connectivity index is 2.89. The maximum atomic E-state index is 12.2. The average molecular weight is 258 g/mol. The molecule has 0 aliphatic heterocycles. The van der Waals surface area contributed by atoms with Crippen LogP contribution in [0.5, 0.6) is 0 Å². The van der Waals surface area contributed by atoms with Gasteiger partial charge in [0.25, 0.3) is 0 Å². The quantitative estimate of drug-likeness (QED) is 0.733. The lowest BCUT2D eigenvalue weighted by Gasteiger charge is -2.15. The molecule has 0 aliphatic rings. The molecule has 19 heavy (non-hydrogen) atoms. The first-order chi connectivity index (χ1) is 8.84. The van der Waals surface area contributed by atoms with Gasteiger partial charge in [0.2, 0.25) is 0 Å². The van der Waals surface area contributed by atoms with Crippen molar-refractivity contribution in [2.75, 3.05) is 0 Å². The molecule has 0 aliphatic carbocycles. The monoisotopic (exact) mass is 258 g/mol. The minimum absolute atomic E-state index is 0.186. The number of aryl methyl sites for hydroxylation is 2. The van der Waals surface area contributed by atoms with Crippen LogP contribution in [-0.2, 0) is 0 Å². The first kappa shape index (κ1) is 13.9. The Morgan fingerprint density at radius 3 is 2.11 bits per heavy atom. The molecule has 0 radical (unpaired) electrons. The number of hydrogen-bond donors (Lipinski definition) is 0. The van der Waals surface area contributed by atoms with Gasteiger partial charge >= 0.3 is 5.63 Å². The third-order valence-corrected chi connectivity index (χ3v) is 3.87. The summed E-state index contributed by atoms with van der Waals surface area (Å²) in [7, 11) is 0. The fourth-order valence-electron chi connectivity index (χ4n) is 2.87. The number of benzene rings is 1. The van der Waals surface area contributed by atoms with Crippen LogP contribution in [0.3, 0.4) is 0 Å². The first-order valence-corrected chi connectivity index (χ1v) is 6.91. The van der Waals surface area contributed by atoms with E-state index < -0.39 is 0 Å². The molecule has 1 heterocycles. The Labute approximate surface area is 114 Å². The van der Waals surface area contributed by atoms with E-state index >= 15 is 0 Å². The predicted molar refractivity (Wildman–Crippen MR) is 80.1 cm³/mol. The Morgan fingerprint density at radius 2 is 1.58 bits per heavy atom. The molecule has 2 aromatic rings. The van der Waals surface area contributed by atoms with E-state index in [2.05, 4.69) is 26.0 Å². The van der Waals surface area contributed by atoms with Crippen LogP contribution in [0.1, 0.15) is 61.8 Å². The summed E-state index contributed by atoms with van der Waals surface area (Å²) in [6.07, 6.45) is 0. The van der Waals surface area contributed by atoms with E-state index in [0.29, 0.717) is 5.92 Å². The summed E-state index contributed by atoms with van der Waals surface area (Å²) in [5, 5.41) is 1.06. The van der Waals surface area contributed by atoms with E-state index in [1.807, 2.05) is 27.7 Å². The third kappa shape index (κ3) is 2.20. The van der Waals surface area contributed by atoms with Crippen LogP contribution in [0.15, 0.2) is 21.3 Å². The lowest BCUT2D eigenvalue weighted by molar-refractivity contribution is 0.539. The molecule has 0 unspecified atom stereocenters. The molecule has 0 atom stereocenters. The van der Waals surface area contributed by atoms with Crippen molar-refractivity contribution in [3.8, 4) is 0 Å². The third-order valence-electron chi connectivity index (χ3n) is 3.87. The Kier molecular flexibility index (Phi) is 3.53. The molecule has 2 nitrogen and oxygen atoms in total. The molecule has 0 saturated carbocycles. The van der Waals surface area contributed by atoms with Gasteiger partial charge in [0, 0.05) is 10.9 Å². The van der Waals surface area contributed by atoms with Gasteiger partial charge in [0.15, 0.2) is 0 Å². The second-order valence-corrected chi connectivity index (χ2v) is 5.89. The van der Waals surface area contributed by atoms with Gasteiger partial charge in [0.1, 0.15) is 5.58 Å². The van der Waals surface area contributed by atoms with Crippen LogP contribution in [0.25, 0.3) is 11.0 Å². The number of fused-ring (bicyclic) bond motifs is 1. The average Bonchev–Trinajstić information content (AvgIpc) is 2.29. The van der Waals surface area contributed by atoms with E-state index in [0.717, 1.165) is 27.7 Å². The van der Waals surface area contributed by atoms with E-state index in [1.54, 1.807) is 0 Å². The van der Waals surface area contributed by atoms with Crippen molar-refractivity contribution < 1.29 is 4.42 Å². The maximum Gasteiger partial charge on any atom is 0.339 e. The van der Waals surface area contributed by atoms with Crippen molar-refractivity contribution >= 4 is 11.0 Å². The molecule has 2 rings (SSSR count). The molecule has 0 fully saturated rings. The van der Waals surface area contributed by atoms with Gasteiger partial charge in [-0.3, -0.25) is 0 Å². The summed E-state index contributed by atoms with van der Waals surface area (Å²) in [6, 6.07) is 4.24. The highest BCUT2D eigenvalue weighted by molar-refractivity contribution is 5.85. The zero-order valence-corrected chi connectivity index (χ0v) is 12.6. The van der Waals surface area contributed by atoms with E-state index in [1.165, 1.54) is 5.56 Å². The molecule has 102 valence electrons. The van der Waals surface area contributed by atoms with Crippen molar-refractivity contribution in [1.29, 1.82) is 0 Å². The molecule has 1 aromatic heterocycles. The molecule has 1 aromatic carbocycles. The summed E-state index contributed by atoms with van der Waals surface area (Å²) < 4.78 is 5.60. The second kappa shape index (κ2) is 4.84. The predicted octanol–water partition coefficient (Wildman–Crippen LogP) is 4.66. The van der Waals surface area contributed by atoms with Gasteiger partial charge < -0.3 is 4.42 Å². The Hall–Kier alpha value is -1.57. The lowest BCUT2D eigenvalue weighted by atomic mass is 9.92. The zero-order chi connectivity index (χ0) is 14.3. The summed E-state index contributed by atoms with van der Waals surface area (Å²) in [5.41, 5.74) is 4.74. The van der Waals surface area contributed by atoms with Gasteiger partial charge in [-0.2, -0.15) is 0 Å². The van der Waals surface area contributed by atoms with Gasteiger partial charge in [-0.1, -0.05) is 39.8 Å². The normalized spacial score (nSPS) is 11.8. The SMILES string of the molecule is Cc1c(C(C)C)c(=O)oc2c(C)c(C(C)C)ccc12. The minimum atomic E-state index is -0.191. The van der Waals surface area contributed by atoms with Crippen molar-refractivity contribution in [3.05, 3.63) is 44.8 Å². The fraction of sp³-hybridized carbons (Fsp3) is 0.471. The smallest absolute Gasteiger partial charge is 0.339 e. The summed E-state index contributed by atoms with van der Waals surface area (Å²) in [6.45, 7) is 12.4. The highest BCUT2D eigenvalue weighted by atomic mass is 16.4. The number of hydrogen-bond acceptors (Lipinski definition) is 2. The molecule has 0 N–H and O–H groups in total. The standard InChI is InChI=1S/C17H22O2/c1-9(2)13-7-8-14-11(5)15(10(3)4)17(18)19-16(14)12(13)6/h7-10H,1-6H3. The molecule has 0 bridgehead atoms. The molecule has 0 amide bonds. The Morgan fingerprint density at radius 1 is 0.947 bits per heavy atom. The highest BCUT2D eigenvalue weighted by Gasteiger charge is 2.17. The first-order valence-electron chi connectivity index (χ1n) is 6.91. The van der Waals surface area contributed by atoms with Crippen molar-refractivity contribution in [1.82, 2.24) is 0 Å². The summed E-state index contributed by atoms with van der Waals surface area (Å²) >= 11 is 0. The van der Waals surface area contributed by atoms with Crippen molar-refractivity contribution in [2.24, 2.45) is 0 Å². The maximum absolute atomic E-state index is 12.2. The largest absolute Gasteiger partial charge is 0.422 e. The molecular formula is C17H22O2. The highest BCUT2D eigenvalue weighted by Crippen LogP contribution is 2.30. The van der Waals surface area contributed by atoms with Gasteiger partial charge in [-0.05, 0) is 42.4 Å². The molecular weight excluding hydrogens is 236 g/mol. The number of rotatable bonds is 2. The topological polar surface area (TPSA) is 30.2 Å². The van der Waals surface area contributed by atoms with E-state index in [4.69, 9.17) is 4.42 Å². The van der Waals surface area contributed by atoms with Crippen LogP contribution in [0.2, 0.25) is 0 Å². The fourth-order valence-corrected chi connectivity index (χ4v) is 2.87. The van der Waals surface area contributed by atoms with Crippen LogP contribution in [-0.4, -0.2) is 0 Å². The van der Waals surface area contributed by atoms with E-state index in [9.17, 15) is 4.79 Å². The van der Waals surface area contributed by atoms with Crippen LogP contribution in [0.4, 0.5) is 0 Å². The van der Waals surface area contributed by atoms with Gasteiger partial charge in [-0.25, -0.2) is 4.79 Å². The minimum Gasteiger partial charge on any atom is -0.422 e. The summed E-state index contributed by atoms with van der Waals surface area (Å²) in [5.74, 6) is 0.616. The summed E-state index contributed by atoms with van der Waals surface area (Å²) in [4.78, 5) is 12.2. The van der Waals surface area contributed by atoms with Crippen molar-refractivity contribution in [2.45, 2.75) is 53.4 Å². The lowest BCUT2D eigenvalue weighted by Crippen LogP contribution is -2.12. The van der Waals surface area contributed by atoms with E-state index in [-0.39, 0.29) is 11.5 Å². The molecule has 0 spiro atoms. The van der Waals surface area contributed by atoms with Crippen LogP contribution >= 0.6 is 0 Å². The van der Waals surface area contributed by atoms with Gasteiger partial charge in [0.05, 0.1) is 0 Å². The second-order valence-electron chi connectivity index (χ2n) is 5.89.